The molecule has 110 valence electrons. The van der Waals surface area contributed by atoms with E-state index in [1.54, 1.807) is 31.4 Å². The van der Waals surface area contributed by atoms with E-state index in [9.17, 15) is 9.59 Å². The van der Waals surface area contributed by atoms with Gasteiger partial charge in [-0.15, -0.1) is 0 Å². The molecule has 2 amide bonds. The molecule has 0 fully saturated rings. The van der Waals surface area contributed by atoms with Crippen LogP contribution >= 0.6 is 0 Å². The minimum atomic E-state index is -0.448. The summed E-state index contributed by atoms with van der Waals surface area (Å²) < 4.78 is 4.86. The highest BCUT2D eigenvalue weighted by molar-refractivity contribution is 5.97. The van der Waals surface area contributed by atoms with E-state index in [1.807, 2.05) is 20.8 Å². The molecule has 0 saturated heterocycles. The number of benzene rings is 1. The molecule has 0 saturated carbocycles. The summed E-state index contributed by atoms with van der Waals surface area (Å²) in [6, 6.07) is 6.80. The number of carbonyl (C=O) groups excluding carboxylic acids is 2. The third-order valence-corrected chi connectivity index (χ3v) is 2.68. The van der Waals surface area contributed by atoms with Crippen LogP contribution in [0.5, 0.6) is 0 Å². The zero-order chi connectivity index (χ0) is 15.2. The van der Waals surface area contributed by atoms with E-state index >= 15 is 0 Å². The number of nitrogens with one attached hydrogen (secondary N) is 2. The number of carbonyl (C=O) groups is 2. The topological polar surface area (TPSA) is 67.4 Å². The van der Waals surface area contributed by atoms with E-state index in [4.69, 9.17) is 4.74 Å². The fraction of sp³-hybridized carbons (Fsp3) is 0.467. The molecule has 0 aliphatic carbocycles. The lowest BCUT2D eigenvalue weighted by Gasteiger charge is -2.17. The summed E-state index contributed by atoms with van der Waals surface area (Å²) in [6.07, 6.45) is 0. The van der Waals surface area contributed by atoms with Crippen LogP contribution in [0.15, 0.2) is 24.3 Å². The Morgan fingerprint density at radius 3 is 2.25 bits per heavy atom. The summed E-state index contributed by atoms with van der Waals surface area (Å²) in [5, 5.41) is 5.54. The van der Waals surface area contributed by atoms with Crippen molar-refractivity contribution in [3.63, 3.8) is 0 Å². The maximum absolute atomic E-state index is 11.8. The Labute approximate surface area is 119 Å². The Hall–Kier alpha value is -1.88. The molecule has 1 rings (SSSR count). The first-order valence-electron chi connectivity index (χ1n) is 6.53. The van der Waals surface area contributed by atoms with Crippen LogP contribution in [-0.2, 0) is 9.53 Å². The van der Waals surface area contributed by atoms with Crippen molar-refractivity contribution in [2.75, 3.05) is 25.6 Å². The van der Waals surface area contributed by atoms with Gasteiger partial charge in [-0.05, 0) is 24.3 Å². The number of amides is 2. The average Bonchev–Trinajstić information content (AvgIpc) is 2.38. The lowest BCUT2D eigenvalue weighted by atomic mass is 9.95. The van der Waals surface area contributed by atoms with Crippen LogP contribution in [0.1, 0.15) is 31.1 Å². The minimum Gasteiger partial charge on any atom is -0.383 e. The molecular weight excluding hydrogens is 256 g/mol. The van der Waals surface area contributed by atoms with Gasteiger partial charge in [0.25, 0.3) is 5.91 Å². The molecule has 0 bridgehead atoms. The number of rotatable bonds is 5. The van der Waals surface area contributed by atoms with Crippen LogP contribution in [0.2, 0.25) is 0 Å². The van der Waals surface area contributed by atoms with Crippen LogP contribution in [0, 0.1) is 5.41 Å². The Balaban J connectivity index is 2.60. The predicted molar refractivity (Wildman–Crippen MR) is 78.7 cm³/mol. The van der Waals surface area contributed by atoms with Crippen molar-refractivity contribution in [3.05, 3.63) is 29.8 Å². The number of anilines is 1. The minimum absolute atomic E-state index is 0.0604. The molecule has 1 aromatic rings. The van der Waals surface area contributed by atoms with Gasteiger partial charge in [-0.3, -0.25) is 9.59 Å². The molecule has 0 atom stereocenters. The van der Waals surface area contributed by atoms with Gasteiger partial charge in [0.05, 0.1) is 6.61 Å². The SMILES string of the molecule is COCCNC(=O)c1ccc(NC(=O)C(C)(C)C)cc1. The normalized spacial score (nSPS) is 11.0. The summed E-state index contributed by atoms with van der Waals surface area (Å²) in [5.41, 5.74) is 0.782. The van der Waals surface area contributed by atoms with Gasteiger partial charge in [0.15, 0.2) is 0 Å². The molecule has 0 spiro atoms. The number of hydrogen-bond acceptors (Lipinski definition) is 3. The second-order valence-corrected chi connectivity index (χ2v) is 5.53. The molecular formula is C15H22N2O3. The Kier molecular flexibility index (Phi) is 5.70. The van der Waals surface area contributed by atoms with E-state index in [0.29, 0.717) is 24.4 Å². The van der Waals surface area contributed by atoms with E-state index in [0.717, 1.165) is 0 Å². The van der Waals surface area contributed by atoms with E-state index in [2.05, 4.69) is 10.6 Å². The number of hydrogen-bond donors (Lipinski definition) is 2. The largest absolute Gasteiger partial charge is 0.383 e. The smallest absolute Gasteiger partial charge is 0.251 e. The molecule has 5 nitrogen and oxygen atoms in total. The molecule has 5 heteroatoms. The van der Waals surface area contributed by atoms with Crippen molar-refractivity contribution in [2.24, 2.45) is 5.41 Å². The van der Waals surface area contributed by atoms with Crippen molar-refractivity contribution >= 4 is 17.5 Å². The summed E-state index contributed by atoms with van der Waals surface area (Å²) in [5.74, 6) is -0.217. The average molecular weight is 278 g/mol. The van der Waals surface area contributed by atoms with E-state index in [-0.39, 0.29) is 11.8 Å². The van der Waals surface area contributed by atoms with Gasteiger partial charge in [-0.1, -0.05) is 20.8 Å². The van der Waals surface area contributed by atoms with E-state index in [1.165, 1.54) is 0 Å². The second kappa shape index (κ2) is 7.05. The zero-order valence-corrected chi connectivity index (χ0v) is 12.4. The van der Waals surface area contributed by atoms with Crippen molar-refractivity contribution < 1.29 is 14.3 Å². The van der Waals surface area contributed by atoms with Gasteiger partial charge < -0.3 is 15.4 Å². The second-order valence-electron chi connectivity index (χ2n) is 5.53. The molecule has 0 aliphatic rings. The van der Waals surface area contributed by atoms with Crippen molar-refractivity contribution in [1.29, 1.82) is 0 Å². The Morgan fingerprint density at radius 2 is 1.75 bits per heavy atom. The van der Waals surface area contributed by atoms with Crippen LogP contribution < -0.4 is 10.6 Å². The third-order valence-electron chi connectivity index (χ3n) is 2.68. The molecule has 0 radical (unpaired) electrons. The zero-order valence-electron chi connectivity index (χ0n) is 12.4. The summed E-state index contributed by atoms with van der Waals surface area (Å²) >= 11 is 0. The van der Waals surface area contributed by atoms with Crippen LogP contribution in [0.25, 0.3) is 0 Å². The fourth-order valence-electron chi connectivity index (χ4n) is 1.39. The van der Waals surface area contributed by atoms with Gasteiger partial charge in [0, 0.05) is 30.3 Å². The van der Waals surface area contributed by atoms with Gasteiger partial charge in [-0.2, -0.15) is 0 Å². The quantitative estimate of drug-likeness (QED) is 0.810. The number of ether oxygens (including phenoxy) is 1. The van der Waals surface area contributed by atoms with Crippen molar-refractivity contribution in [3.8, 4) is 0 Å². The Morgan fingerprint density at radius 1 is 1.15 bits per heavy atom. The summed E-state index contributed by atoms with van der Waals surface area (Å²) in [4.78, 5) is 23.6. The third kappa shape index (κ3) is 5.01. The van der Waals surface area contributed by atoms with Gasteiger partial charge in [0.1, 0.15) is 0 Å². The van der Waals surface area contributed by atoms with E-state index < -0.39 is 5.41 Å². The standard InChI is InChI=1S/C15H22N2O3/c1-15(2,3)14(19)17-12-7-5-11(6-8-12)13(18)16-9-10-20-4/h5-8H,9-10H2,1-4H3,(H,16,18)(H,17,19). The van der Waals surface area contributed by atoms with Crippen LogP contribution in [0.3, 0.4) is 0 Å². The first-order valence-corrected chi connectivity index (χ1v) is 6.53. The summed E-state index contributed by atoms with van der Waals surface area (Å²) in [6.45, 7) is 6.49. The fourth-order valence-corrected chi connectivity index (χ4v) is 1.39. The van der Waals surface area contributed by atoms with Crippen LogP contribution in [-0.4, -0.2) is 32.1 Å². The molecule has 0 aliphatic heterocycles. The first-order chi connectivity index (χ1) is 9.34. The maximum Gasteiger partial charge on any atom is 0.251 e. The highest BCUT2D eigenvalue weighted by Crippen LogP contribution is 2.17. The van der Waals surface area contributed by atoms with Crippen LogP contribution in [0.4, 0.5) is 5.69 Å². The molecule has 2 N–H and O–H groups in total. The molecule has 0 unspecified atom stereocenters. The van der Waals surface area contributed by atoms with Crippen molar-refractivity contribution in [2.45, 2.75) is 20.8 Å². The Bertz CT molecular complexity index is 461. The lowest BCUT2D eigenvalue weighted by molar-refractivity contribution is -0.123. The van der Waals surface area contributed by atoms with Gasteiger partial charge in [0.2, 0.25) is 5.91 Å². The number of methoxy groups -OCH3 is 1. The summed E-state index contributed by atoms with van der Waals surface area (Å²) in [7, 11) is 1.58. The first kappa shape index (κ1) is 16.2. The molecule has 20 heavy (non-hydrogen) atoms. The highest BCUT2D eigenvalue weighted by Gasteiger charge is 2.21. The molecule has 1 aromatic carbocycles. The maximum atomic E-state index is 11.8. The lowest BCUT2D eigenvalue weighted by Crippen LogP contribution is -2.28. The van der Waals surface area contributed by atoms with Gasteiger partial charge in [-0.25, -0.2) is 0 Å². The molecule has 0 aromatic heterocycles. The highest BCUT2D eigenvalue weighted by atomic mass is 16.5. The van der Waals surface area contributed by atoms with Crippen molar-refractivity contribution in [1.82, 2.24) is 5.32 Å². The predicted octanol–water partition coefficient (Wildman–Crippen LogP) is 2.05. The van der Waals surface area contributed by atoms with Gasteiger partial charge >= 0.3 is 0 Å². The monoisotopic (exact) mass is 278 g/mol. The molecule has 0 heterocycles.